The molecule has 3 aliphatic rings. The number of fused-ring (bicyclic) bond motifs is 1. The van der Waals surface area contributed by atoms with Crippen LogP contribution in [0.1, 0.15) is 77.8 Å². The Hall–Kier alpha value is -1.88. The van der Waals surface area contributed by atoms with Crippen LogP contribution in [0.3, 0.4) is 0 Å². The summed E-state index contributed by atoms with van der Waals surface area (Å²) < 4.78 is 0. The molecule has 2 heterocycles. The van der Waals surface area contributed by atoms with Crippen molar-refractivity contribution in [3.63, 3.8) is 0 Å². The van der Waals surface area contributed by atoms with Crippen molar-refractivity contribution < 1.29 is 9.59 Å². The summed E-state index contributed by atoms with van der Waals surface area (Å²) in [4.78, 5) is 30.4. The quantitative estimate of drug-likeness (QED) is 0.754. The van der Waals surface area contributed by atoms with Crippen LogP contribution in [0, 0.1) is 17.8 Å². The number of benzene rings is 1. The van der Waals surface area contributed by atoms with Gasteiger partial charge in [-0.1, -0.05) is 45.9 Å². The first-order chi connectivity index (χ1) is 14.9. The maximum atomic E-state index is 13.4. The lowest BCUT2D eigenvalue weighted by Crippen LogP contribution is -2.51. The van der Waals surface area contributed by atoms with Crippen LogP contribution in [-0.4, -0.2) is 41.9 Å². The Morgan fingerprint density at radius 1 is 0.935 bits per heavy atom. The number of hydrogen-bond donors (Lipinski definition) is 1. The molecule has 0 spiro atoms. The Balaban J connectivity index is 1.40. The summed E-state index contributed by atoms with van der Waals surface area (Å²) >= 11 is 0. The van der Waals surface area contributed by atoms with Gasteiger partial charge >= 0.3 is 0 Å². The van der Waals surface area contributed by atoms with Crippen LogP contribution in [0.2, 0.25) is 0 Å². The van der Waals surface area contributed by atoms with Gasteiger partial charge in [-0.2, -0.15) is 0 Å². The number of carbonyl (C=O) groups is 2. The van der Waals surface area contributed by atoms with Crippen LogP contribution < -0.4 is 10.2 Å². The molecule has 170 valence electrons. The predicted molar refractivity (Wildman–Crippen MR) is 125 cm³/mol. The second-order valence-corrected chi connectivity index (χ2v) is 10.4. The van der Waals surface area contributed by atoms with Gasteiger partial charge in [0, 0.05) is 42.3 Å². The number of rotatable bonds is 5. The van der Waals surface area contributed by atoms with Crippen molar-refractivity contribution in [2.75, 3.05) is 18.0 Å². The first-order valence-corrected chi connectivity index (χ1v) is 12.3. The van der Waals surface area contributed by atoms with Crippen molar-refractivity contribution in [2.24, 2.45) is 17.8 Å². The topological polar surface area (TPSA) is 52.7 Å². The fourth-order valence-corrected chi connectivity index (χ4v) is 5.81. The van der Waals surface area contributed by atoms with Crippen LogP contribution in [0.25, 0.3) is 0 Å². The van der Waals surface area contributed by atoms with Gasteiger partial charge in [-0.15, -0.1) is 0 Å². The zero-order chi connectivity index (χ0) is 22.1. The fourth-order valence-electron chi connectivity index (χ4n) is 5.81. The van der Waals surface area contributed by atoms with E-state index in [1.165, 1.54) is 25.7 Å². The van der Waals surface area contributed by atoms with E-state index < -0.39 is 6.04 Å². The molecule has 31 heavy (non-hydrogen) atoms. The van der Waals surface area contributed by atoms with Crippen LogP contribution in [0.5, 0.6) is 0 Å². The van der Waals surface area contributed by atoms with E-state index in [-0.39, 0.29) is 23.8 Å². The molecule has 1 unspecified atom stereocenters. The van der Waals surface area contributed by atoms with E-state index in [9.17, 15) is 9.59 Å². The van der Waals surface area contributed by atoms with Gasteiger partial charge in [-0.3, -0.25) is 9.59 Å². The molecule has 1 N–H and O–H groups in total. The van der Waals surface area contributed by atoms with Gasteiger partial charge in [0.05, 0.1) is 0 Å². The molecule has 1 saturated carbocycles. The number of piperidine rings is 1. The van der Waals surface area contributed by atoms with Crippen LogP contribution >= 0.6 is 0 Å². The van der Waals surface area contributed by atoms with Crippen molar-refractivity contribution in [3.05, 3.63) is 29.8 Å². The second kappa shape index (κ2) is 9.32. The molecule has 0 aromatic heterocycles. The Labute approximate surface area is 187 Å². The molecule has 0 radical (unpaired) electrons. The maximum absolute atomic E-state index is 13.4. The summed E-state index contributed by atoms with van der Waals surface area (Å²) in [5, 5.41) is 2.99. The number of likely N-dealkylation sites (tertiary alicyclic amines) is 1. The molecule has 5 heteroatoms. The smallest absolute Gasteiger partial charge is 0.254 e. The molecule has 1 saturated heterocycles. The van der Waals surface area contributed by atoms with Gasteiger partial charge in [0.2, 0.25) is 5.91 Å². The first kappa shape index (κ1) is 22.3. The lowest BCUT2D eigenvalue weighted by atomic mass is 9.79. The van der Waals surface area contributed by atoms with E-state index in [1.807, 2.05) is 43.0 Å². The summed E-state index contributed by atoms with van der Waals surface area (Å²) in [7, 11) is 0. The molecule has 0 bridgehead atoms. The third kappa shape index (κ3) is 4.52. The first-order valence-electron chi connectivity index (χ1n) is 12.3. The van der Waals surface area contributed by atoms with Crippen LogP contribution in [0.4, 0.5) is 5.69 Å². The summed E-state index contributed by atoms with van der Waals surface area (Å²) in [5.74, 6) is 1.53. The molecule has 1 aromatic rings. The highest BCUT2D eigenvalue weighted by molar-refractivity contribution is 6.06. The molecule has 2 aliphatic heterocycles. The summed E-state index contributed by atoms with van der Waals surface area (Å²) in [6, 6.07) is 8.37. The van der Waals surface area contributed by atoms with E-state index in [0.717, 1.165) is 55.1 Å². The summed E-state index contributed by atoms with van der Waals surface area (Å²) in [6.07, 6.45) is 7.38. The molecular weight excluding hydrogens is 386 g/mol. The standard InChI is InChI=1S/C26H39N3O2/c1-17(2)19-9-11-20(12-10-19)28-15-13-21(14-16-28)29-23-8-6-5-7-22(23)24(26(29)31)27-25(30)18(3)4/h5-8,17-21,24H,9-16H2,1-4H3,(H,27,30)/t19-,20+,24?. The zero-order valence-electron chi connectivity index (χ0n) is 19.6. The third-order valence-corrected chi connectivity index (χ3v) is 7.87. The molecule has 2 amide bonds. The number of nitrogens with zero attached hydrogens (tertiary/aromatic N) is 2. The van der Waals surface area contributed by atoms with Crippen LogP contribution in [-0.2, 0) is 9.59 Å². The SMILES string of the molecule is CC(C)C(=O)NC1C(=O)N(C2CCN([C@H]3CC[C@@H](C(C)C)CC3)CC2)c2ccccc21. The van der Waals surface area contributed by atoms with E-state index >= 15 is 0 Å². The molecule has 1 aliphatic carbocycles. The highest BCUT2D eigenvalue weighted by Crippen LogP contribution is 2.40. The highest BCUT2D eigenvalue weighted by Gasteiger charge is 2.42. The van der Waals surface area contributed by atoms with Crippen molar-refractivity contribution in [3.8, 4) is 0 Å². The Kier molecular flexibility index (Phi) is 6.71. The number of nitrogens with one attached hydrogen (secondary N) is 1. The van der Waals surface area contributed by atoms with Gasteiger partial charge in [0.1, 0.15) is 6.04 Å². The van der Waals surface area contributed by atoms with Crippen LogP contribution in [0.15, 0.2) is 24.3 Å². The Morgan fingerprint density at radius 3 is 2.19 bits per heavy atom. The average Bonchev–Trinajstić information content (AvgIpc) is 3.05. The molecule has 5 nitrogen and oxygen atoms in total. The largest absolute Gasteiger partial charge is 0.340 e. The van der Waals surface area contributed by atoms with Crippen molar-refractivity contribution in [2.45, 2.75) is 84.3 Å². The molecular formula is C26H39N3O2. The highest BCUT2D eigenvalue weighted by atomic mass is 16.2. The molecule has 1 atom stereocenters. The third-order valence-electron chi connectivity index (χ3n) is 7.87. The minimum atomic E-state index is -0.546. The lowest BCUT2D eigenvalue weighted by molar-refractivity contribution is -0.129. The summed E-state index contributed by atoms with van der Waals surface area (Å²) in [5.41, 5.74) is 1.92. The molecule has 1 aromatic carbocycles. The average molecular weight is 426 g/mol. The number of hydrogen-bond acceptors (Lipinski definition) is 3. The number of para-hydroxylation sites is 1. The zero-order valence-corrected chi connectivity index (χ0v) is 19.6. The summed E-state index contributed by atoms with van der Waals surface area (Å²) in [6.45, 7) is 10.6. The van der Waals surface area contributed by atoms with Gasteiger partial charge < -0.3 is 15.1 Å². The van der Waals surface area contributed by atoms with Gasteiger partial charge in [-0.05, 0) is 56.4 Å². The van der Waals surface area contributed by atoms with Crippen molar-refractivity contribution >= 4 is 17.5 Å². The predicted octanol–water partition coefficient (Wildman–Crippen LogP) is 4.53. The van der Waals surface area contributed by atoms with Gasteiger partial charge in [0.25, 0.3) is 5.91 Å². The number of anilines is 1. The normalized spacial score (nSPS) is 27.7. The maximum Gasteiger partial charge on any atom is 0.254 e. The number of amides is 2. The van der Waals surface area contributed by atoms with Crippen molar-refractivity contribution in [1.82, 2.24) is 10.2 Å². The molecule has 2 fully saturated rings. The Bertz CT molecular complexity index is 790. The van der Waals surface area contributed by atoms with Crippen molar-refractivity contribution in [1.29, 1.82) is 0 Å². The monoisotopic (exact) mass is 425 g/mol. The van der Waals surface area contributed by atoms with E-state index in [2.05, 4.69) is 24.1 Å². The molecule has 4 rings (SSSR count). The van der Waals surface area contributed by atoms with Gasteiger partial charge in [-0.25, -0.2) is 0 Å². The van der Waals surface area contributed by atoms with Gasteiger partial charge in [0.15, 0.2) is 0 Å². The minimum Gasteiger partial charge on any atom is -0.340 e. The van der Waals surface area contributed by atoms with E-state index in [0.29, 0.717) is 0 Å². The van der Waals surface area contributed by atoms with E-state index in [4.69, 9.17) is 0 Å². The fraction of sp³-hybridized carbons (Fsp3) is 0.692. The number of carbonyl (C=O) groups excluding carboxylic acids is 2. The lowest BCUT2D eigenvalue weighted by Gasteiger charge is -2.43. The Morgan fingerprint density at radius 2 is 1.58 bits per heavy atom. The minimum absolute atomic E-state index is 0.0334. The van der Waals surface area contributed by atoms with E-state index in [1.54, 1.807) is 0 Å². The second-order valence-electron chi connectivity index (χ2n) is 10.4.